The summed E-state index contributed by atoms with van der Waals surface area (Å²) in [5.41, 5.74) is 4.70. The number of nitrogens with zero attached hydrogens (tertiary/aromatic N) is 3. The molecule has 1 aliphatic heterocycles. The minimum atomic E-state index is -0.0785. The lowest BCUT2D eigenvalue weighted by molar-refractivity contribution is -0.0228. The lowest BCUT2D eigenvalue weighted by Crippen LogP contribution is -2.42. The summed E-state index contributed by atoms with van der Waals surface area (Å²) in [6, 6.07) is 17.7. The van der Waals surface area contributed by atoms with Crippen molar-refractivity contribution in [1.82, 2.24) is 14.7 Å². The number of carbonyl (C=O) groups is 1. The van der Waals surface area contributed by atoms with E-state index in [4.69, 9.17) is 4.74 Å². The number of amides is 1. The van der Waals surface area contributed by atoms with Gasteiger partial charge in [-0.3, -0.25) is 4.79 Å². The number of aromatic nitrogens is 2. The van der Waals surface area contributed by atoms with Gasteiger partial charge in [-0.15, -0.1) is 0 Å². The van der Waals surface area contributed by atoms with E-state index in [1.165, 1.54) is 0 Å². The molecule has 144 valence electrons. The van der Waals surface area contributed by atoms with Gasteiger partial charge >= 0.3 is 0 Å². The molecule has 28 heavy (non-hydrogen) atoms. The molecule has 3 aromatic rings. The van der Waals surface area contributed by atoms with E-state index < -0.39 is 0 Å². The van der Waals surface area contributed by atoms with Crippen molar-refractivity contribution in [1.29, 1.82) is 0 Å². The van der Waals surface area contributed by atoms with Gasteiger partial charge in [0.15, 0.2) is 0 Å². The molecule has 0 saturated carbocycles. The van der Waals surface area contributed by atoms with E-state index in [1.807, 2.05) is 78.0 Å². The molecule has 6 heteroatoms. The highest BCUT2D eigenvalue weighted by atomic mass is 79.9. The van der Waals surface area contributed by atoms with Crippen molar-refractivity contribution in [3.63, 3.8) is 0 Å². The van der Waals surface area contributed by atoms with E-state index in [0.29, 0.717) is 25.3 Å². The van der Waals surface area contributed by atoms with Crippen molar-refractivity contribution in [3.8, 4) is 5.69 Å². The smallest absolute Gasteiger partial charge is 0.254 e. The molecular weight excluding hydrogens is 418 g/mol. The summed E-state index contributed by atoms with van der Waals surface area (Å²) in [6.45, 7) is 5.69. The highest BCUT2D eigenvalue weighted by Gasteiger charge is 2.26. The molecule has 0 bridgehead atoms. The Balaban J connectivity index is 1.51. The van der Waals surface area contributed by atoms with Gasteiger partial charge in [-0.1, -0.05) is 30.3 Å². The van der Waals surface area contributed by atoms with Gasteiger partial charge in [0.2, 0.25) is 0 Å². The lowest BCUT2D eigenvalue weighted by Gasteiger charge is -2.33. The molecule has 0 N–H and O–H groups in total. The van der Waals surface area contributed by atoms with Crippen LogP contribution in [0.1, 0.15) is 33.4 Å². The van der Waals surface area contributed by atoms with Gasteiger partial charge in [0.05, 0.1) is 34.7 Å². The molecule has 1 aliphatic rings. The first-order valence-corrected chi connectivity index (χ1v) is 10.1. The average Bonchev–Trinajstić information content (AvgIpc) is 3.01. The van der Waals surface area contributed by atoms with Crippen LogP contribution < -0.4 is 0 Å². The number of hydrogen-bond acceptors (Lipinski definition) is 3. The van der Waals surface area contributed by atoms with Crippen molar-refractivity contribution < 1.29 is 9.53 Å². The summed E-state index contributed by atoms with van der Waals surface area (Å²) in [5, 5.41) is 4.55. The molecule has 1 atom stereocenters. The maximum absolute atomic E-state index is 13.0. The number of hydrogen-bond donors (Lipinski definition) is 0. The molecule has 1 aromatic heterocycles. The standard InChI is InChI=1S/C22H22BrN3O2/c1-15-21(23)16(2)26(24-15)19-10-8-18(9-11-19)22(27)25-12-13-28-20(14-25)17-6-4-3-5-7-17/h3-11,20H,12-14H2,1-2H3/t20-/m0/s1. The number of carbonyl (C=O) groups excluding carboxylic acids is 1. The van der Waals surface area contributed by atoms with Gasteiger partial charge in [-0.05, 0) is 59.6 Å². The first kappa shape index (κ1) is 18.9. The second-order valence-corrected chi connectivity index (χ2v) is 7.76. The van der Waals surface area contributed by atoms with E-state index in [2.05, 4.69) is 21.0 Å². The predicted octanol–water partition coefficient (Wildman–Crippen LogP) is 4.47. The van der Waals surface area contributed by atoms with Gasteiger partial charge in [-0.2, -0.15) is 5.10 Å². The summed E-state index contributed by atoms with van der Waals surface area (Å²) in [7, 11) is 0. The van der Waals surface area contributed by atoms with Crippen LogP contribution in [0.2, 0.25) is 0 Å². The van der Waals surface area contributed by atoms with Crippen molar-refractivity contribution >= 4 is 21.8 Å². The Kier molecular flexibility index (Phi) is 5.33. The normalized spacial score (nSPS) is 17.0. The third-order valence-corrected chi connectivity index (χ3v) is 6.23. The Morgan fingerprint density at radius 1 is 1.11 bits per heavy atom. The number of benzene rings is 2. The maximum atomic E-state index is 13.0. The van der Waals surface area contributed by atoms with Crippen LogP contribution in [-0.4, -0.2) is 40.3 Å². The molecular formula is C22H22BrN3O2. The molecule has 1 saturated heterocycles. The Morgan fingerprint density at radius 2 is 1.82 bits per heavy atom. The van der Waals surface area contributed by atoms with E-state index in [-0.39, 0.29) is 12.0 Å². The summed E-state index contributed by atoms with van der Waals surface area (Å²) >= 11 is 3.56. The highest BCUT2D eigenvalue weighted by Crippen LogP contribution is 2.25. The van der Waals surface area contributed by atoms with Crippen LogP contribution >= 0.6 is 15.9 Å². The SMILES string of the molecule is Cc1nn(-c2ccc(C(=O)N3CCO[C@H](c4ccccc4)C3)cc2)c(C)c1Br. The van der Waals surface area contributed by atoms with Crippen LogP contribution in [0.5, 0.6) is 0 Å². The van der Waals surface area contributed by atoms with Gasteiger partial charge in [0, 0.05) is 12.1 Å². The van der Waals surface area contributed by atoms with Crippen LogP contribution in [-0.2, 0) is 4.74 Å². The maximum Gasteiger partial charge on any atom is 0.254 e. The van der Waals surface area contributed by atoms with Gasteiger partial charge in [0.1, 0.15) is 6.10 Å². The quantitative estimate of drug-likeness (QED) is 0.604. The number of ether oxygens (including phenoxy) is 1. The molecule has 1 amide bonds. The predicted molar refractivity (Wildman–Crippen MR) is 112 cm³/mol. The first-order valence-electron chi connectivity index (χ1n) is 9.32. The fourth-order valence-electron chi connectivity index (χ4n) is 3.51. The van der Waals surface area contributed by atoms with Crippen molar-refractivity contribution in [3.05, 3.63) is 81.6 Å². The Morgan fingerprint density at radius 3 is 2.46 bits per heavy atom. The second kappa shape index (κ2) is 7.89. The molecule has 1 fully saturated rings. The third-order valence-electron chi connectivity index (χ3n) is 5.09. The zero-order valence-electron chi connectivity index (χ0n) is 15.9. The van der Waals surface area contributed by atoms with Gasteiger partial charge in [-0.25, -0.2) is 4.68 Å². The fourth-order valence-corrected chi connectivity index (χ4v) is 3.75. The molecule has 2 aromatic carbocycles. The van der Waals surface area contributed by atoms with Crippen LogP contribution in [0.15, 0.2) is 59.1 Å². The first-order chi connectivity index (χ1) is 13.5. The molecule has 2 heterocycles. The zero-order valence-corrected chi connectivity index (χ0v) is 17.5. The lowest BCUT2D eigenvalue weighted by atomic mass is 10.1. The molecule has 4 rings (SSSR count). The van der Waals surface area contributed by atoms with Gasteiger partial charge in [0.25, 0.3) is 5.91 Å². The topological polar surface area (TPSA) is 47.4 Å². The van der Waals surface area contributed by atoms with Crippen molar-refractivity contribution in [2.75, 3.05) is 19.7 Å². The van der Waals surface area contributed by atoms with Crippen molar-refractivity contribution in [2.24, 2.45) is 0 Å². The van der Waals surface area contributed by atoms with E-state index in [0.717, 1.165) is 27.1 Å². The summed E-state index contributed by atoms with van der Waals surface area (Å²) < 4.78 is 8.76. The van der Waals surface area contributed by atoms with Crippen molar-refractivity contribution in [2.45, 2.75) is 20.0 Å². The molecule has 5 nitrogen and oxygen atoms in total. The van der Waals surface area contributed by atoms with E-state index >= 15 is 0 Å². The average molecular weight is 440 g/mol. The molecule has 0 spiro atoms. The van der Waals surface area contributed by atoms with Gasteiger partial charge < -0.3 is 9.64 Å². The number of morpholine rings is 1. The Bertz CT molecular complexity index is 983. The molecule has 0 unspecified atom stereocenters. The van der Waals surface area contributed by atoms with E-state index in [1.54, 1.807) is 0 Å². The largest absolute Gasteiger partial charge is 0.370 e. The van der Waals surface area contributed by atoms with Crippen LogP contribution in [0.3, 0.4) is 0 Å². The minimum Gasteiger partial charge on any atom is -0.370 e. The molecule has 0 radical (unpaired) electrons. The number of halogens is 1. The molecule has 0 aliphatic carbocycles. The third kappa shape index (κ3) is 3.62. The van der Waals surface area contributed by atoms with Crippen LogP contribution in [0.25, 0.3) is 5.69 Å². The summed E-state index contributed by atoms with van der Waals surface area (Å²) in [4.78, 5) is 14.9. The second-order valence-electron chi connectivity index (χ2n) is 6.96. The van der Waals surface area contributed by atoms with Crippen LogP contribution in [0.4, 0.5) is 0 Å². The minimum absolute atomic E-state index is 0.0327. The fraction of sp³-hybridized carbons (Fsp3) is 0.273. The monoisotopic (exact) mass is 439 g/mol. The number of aryl methyl sites for hydroxylation is 1. The summed E-state index contributed by atoms with van der Waals surface area (Å²) in [6.07, 6.45) is -0.0785. The van der Waals surface area contributed by atoms with Crippen LogP contribution in [0, 0.1) is 13.8 Å². The van der Waals surface area contributed by atoms with E-state index in [9.17, 15) is 4.79 Å². The number of rotatable bonds is 3. The Labute approximate surface area is 173 Å². The Hall–Kier alpha value is -2.44. The summed E-state index contributed by atoms with van der Waals surface area (Å²) in [5.74, 6) is 0.0327. The zero-order chi connectivity index (χ0) is 19.7. The highest BCUT2D eigenvalue weighted by molar-refractivity contribution is 9.10.